The van der Waals surface area contributed by atoms with Crippen LogP contribution in [0.15, 0.2) is 217 Å². The van der Waals surface area contributed by atoms with E-state index < -0.39 is 8.07 Å². The van der Waals surface area contributed by atoms with Crippen molar-refractivity contribution in [2.45, 2.75) is 0 Å². The average Bonchev–Trinajstić information content (AvgIpc) is 3.93. The van der Waals surface area contributed by atoms with Gasteiger partial charge < -0.3 is 4.42 Å². The van der Waals surface area contributed by atoms with E-state index in [1.807, 2.05) is 18.2 Å². The normalized spacial score (nSPS) is 13.0. The maximum Gasteiger partial charge on any atom is 0.307 e. The summed E-state index contributed by atoms with van der Waals surface area (Å²) < 4.78 is 9.10. The zero-order chi connectivity index (χ0) is 42.6. The predicted molar refractivity (Wildman–Crippen MR) is 269 cm³/mol. The van der Waals surface area contributed by atoms with Gasteiger partial charge in [0.25, 0.3) is 0 Å². The van der Waals surface area contributed by atoms with Crippen LogP contribution in [-0.4, -0.2) is 32.4 Å². The molecule has 12 aromatic rings. The molecule has 2 aliphatic carbocycles. The van der Waals surface area contributed by atoms with Crippen LogP contribution in [0.1, 0.15) is 0 Å². The Hall–Kier alpha value is -8.52. The van der Waals surface area contributed by atoms with Gasteiger partial charge in [-0.2, -0.15) is 4.98 Å². The summed E-state index contributed by atoms with van der Waals surface area (Å²) in [6.45, 7) is 0. The van der Waals surface area contributed by atoms with E-state index >= 15 is 0 Å². The summed E-state index contributed by atoms with van der Waals surface area (Å²) in [4.78, 5) is 19.6. The molecular weight excluding hydrogens is 811 g/mol. The van der Waals surface area contributed by atoms with Crippen molar-refractivity contribution in [3.63, 3.8) is 0 Å². The molecule has 3 heterocycles. The van der Waals surface area contributed by atoms with Crippen molar-refractivity contribution in [2.24, 2.45) is 0 Å². The Morgan fingerprint density at radius 2 is 0.862 bits per heavy atom. The van der Waals surface area contributed by atoms with Crippen molar-refractivity contribution < 1.29 is 4.42 Å². The first-order valence-corrected chi connectivity index (χ1v) is 23.9. The Bertz CT molecular complexity index is 4320. The minimum atomic E-state index is -3.47. The van der Waals surface area contributed by atoms with Crippen LogP contribution in [-0.2, 0) is 0 Å². The minimum Gasteiger partial charge on any atom is -0.423 e. The topological polar surface area (TPSA) is 69.1 Å². The number of rotatable bonds is 4. The fraction of sp³-hybridized carbons (Fsp3) is 0. The van der Waals surface area contributed by atoms with Gasteiger partial charge >= 0.3 is 5.84 Å². The van der Waals surface area contributed by atoms with Gasteiger partial charge in [-0.3, -0.25) is 4.40 Å². The molecular formula is C58H35N5OSi. The summed E-state index contributed by atoms with van der Waals surface area (Å²) in [5, 5.41) is 20.1. The van der Waals surface area contributed by atoms with E-state index in [-0.39, 0.29) is 0 Å². The van der Waals surface area contributed by atoms with Gasteiger partial charge in [0.05, 0.1) is 16.6 Å². The van der Waals surface area contributed by atoms with Crippen LogP contribution < -0.4 is 21.0 Å². The molecule has 1 atom stereocenters. The van der Waals surface area contributed by atoms with Crippen LogP contribution in [0.4, 0.5) is 0 Å². The van der Waals surface area contributed by atoms with Crippen molar-refractivity contribution in [1.82, 2.24) is 24.3 Å². The van der Waals surface area contributed by atoms with Crippen LogP contribution in [0.5, 0.6) is 0 Å². The Morgan fingerprint density at radius 3 is 1.48 bits per heavy atom. The fourth-order valence-corrected chi connectivity index (χ4v) is 15.6. The molecule has 0 radical (unpaired) electrons. The molecule has 0 saturated heterocycles. The predicted octanol–water partition coefficient (Wildman–Crippen LogP) is 11.0. The molecule has 7 heteroatoms. The second kappa shape index (κ2) is 13.7. The number of benzene rings is 9. The number of hydrogen-bond acceptors (Lipinski definition) is 5. The highest BCUT2D eigenvalue weighted by molar-refractivity contribution is 7.20. The van der Waals surface area contributed by atoms with E-state index in [0.29, 0.717) is 5.84 Å². The summed E-state index contributed by atoms with van der Waals surface area (Å²) in [5.41, 5.74) is 4.32. The molecule has 6 nitrogen and oxygen atoms in total. The van der Waals surface area contributed by atoms with Crippen LogP contribution in [0, 0.1) is 10.4 Å². The molecule has 0 aliphatic heterocycles. The third kappa shape index (κ3) is 4.98. The van der Waals surface area contributed by atoms with Gasteiger partial charge in [0, 0.05) is 5.19 Å². The standard InChI is InChI=1S/C58H35N5OSi/c1-2-15-36(16-3-1)65(57-60-34-59-35-61-57,53-30-14-29-52-56(53)64-58-62-50-27-10-11-28-51(50)63(52)58)37-31-32-44-40-19-6-9-22-43(40)46-24-12-23-45-41-20-7-4-17-38(41)39-18-5-8-21-42(39)47-25-13-26-48(49(44)33-37)55(47)54(45)46/h1-35H. The molecule has 0 saturated carbocycles. The van der Waals surface area contributed by atoms with E-state index in [1.165, 1.54) is 64.3 Å². The molecule has 14 rings (SSSR count). The van der Waals surface area contributed by atoms with Crippen LogP contribution in [0.25, 0.3) is 92.6 Å². The van der Waals surface area contributed by atoms with Gasteiger partial charge in [-0.05, 0) is 104 Å². The number of hydrogen-bond donors (Lipinski definition) is 0. The maximum absolute atomic E-state index is 6.97. The Labute approximate surface area is 372 Å². The molecule has 9 aromatic carbocycles. The Kier molecular flexibility index (Phi) is 7.61. The van der Waals surface area contributed by atoms with Gasteiger partial charge in [-0.15, -0.1) is 0 Å². The van der Waals surface area contributed by atoms with Crippen molar-refractivity contribution in [3.05, 3.63) is 223 Å². The summed E-state index contributed by atoms with van der Waals surface area (Å²) in [7, 11) is -3.47. The molecule has 302 valence electrons. The summed E-state index contributed by atoms with van der Waals surface area (Å²) in [6.07, 6.45) is 3.26. The zero-order valence-electron chi connectivity index (χ0n) is 34.9. The zero-order valence-corrected chi connectivity index (χ0v) is 35.9. The quantitative estimate of drug-likeness (QED) is 0.130. The van der Waals surface area contributed by atoms with Crippen molar-refractivity contribution in [3.8, 4) is 0 Å². The van der Waals surface area contributed by atoms with Gasteiger partial charge in [-0.1, -0.05) is 182 Å². The highest BCUT2D eigenvalue weighted by Crippen LogP contribution is 2.38. The minimum absolute atomic E-state index is 0.550. The van der Waals surface area contributed by atoms with E-state index in [1.54, 1.807) is 12.7 Å². The molecule has 0 bridgehead atoms. The molecule has 0 amide bonds. The lowest BCUT2D eigenvalue weighted by atomic mass is 9.90. The molecule has 3 aromatic heterocycles. The second-order valence-electron chi connectivity index (χ2n) is 16.9. The maximum atomic E-state index is 6.97. The summed E-state index contributed by atoms with van der Waals surface area (Å²) in [6, 6.07) is 73.0. The molecule has 1 unspecified atom stereocenters. The molecule has 0 fully saturated rings. The molecule has 0 spiro atoms. The number of imidazole rings is 1. The fourth-order valence-electron chi connectivity index (χ4n) is 11.1. The number of para-hydroxylation sites is 3. The average molecular weight is 846 g/mol. The first-order chi connectivity index (χ1) is 32.3. The monoisotopic (exact) mass is 845 g/mol. The summed E-state index contributed by atoms with van der Waals surface area (Å²) >= 11 is 0. The lowest BCUT2D eigenvalue weighted by Gasteiger charge is -2.32. The number of oxazole rings is 1. The van der Waals surface area contributed by atoms with E-state index in [0.717, 1.165) is 53.9 Å². The Balaban J connectivity index is 1.24. The third-order valence-corrected chi connectivity index (χ3v) is 18.3. The lowest BCUT2D eigenvalue weighted by Crippen LogP contribution is -2.76. The van der Waals surface area contributed by atoms with Gasteiger partial charge in [0.2, 0.25) is 8.07 Å². The molecule has 2 aliphatic rings. The van der Waals surface area contributed by atoms with E-state index in [2.05, 4.69) is 191 Å². The number of fused-ring (bicyclic) bond motifs is 15. The van der Waals surface area contributed by atoms with Crippen molar-refractivity contribution in [1.29, 1.82) is 0 Å². The third-order valence-electron chi connectivity index (χ3n) is 13.8. The first kappa shape index (κ1) is 36.0. The second-order valence-corrected chi connectivity index (χ2v) is 20.5. The number of nitrogens with zero attached hydrogens (tertiary/aromatic N) is 5. The first-order valence-electron chi connectivity index (χ1n) is 21.9. The Morgan fingerprint density at radius 1 is 0.385 bits per heavy atom. The van der Waals surface area contributed by atoms with Crippen LogP contribution in [0.3, 0.4) is 0 Å². The highest BCUT2D eigenvalue weighted by atomic mass is 28.3. The SMILES string of the molecule is c1ccc([Si](c2ccc3c(c2)c2cccc4c2=c2c(cccc2c2ccccc23)c2ccccc2c2ccccc42)(c2ncncn2)c2cccc3c2oc2nc4ccccc4n23)cc1. The van der Waals surface area contributed by atoms with Crippen molar-refractivity contribution in [2.75, 3.05) is 0 Å². The smallest absolute Gasteiger partial charge is 0.307 e. The van der Waals surface area contributed by atoms with Gasteiger partial charge in [0.15, 0.2) is 5.58 Å². The number of aromatic nitrogens is 5. The molecule has 65 heavy (non-hydrogen) atoms. The lowest BCUT2D eigenvalue weighted by molar-refractivity contribution is 0.645. The highest BCUT2D eigenvalue weighted by Gasteiger charge is 2.47. The van der Waals surface area contributed by atoms with E-state index in [4.69, 9.17) is 19.4 Å². The van der Waals surface area contributed by atoms with Crippen LogP contribution >= 0.6 is 0 Å². The largest absolute Gasteiger partial charge is 0.423 e. The van der Waals surface area contributed by atoms with Gasteiger partial charge in [0.1, 0.15) is 18.1 Å². The molecule has 0 N–H and O–H groups in total. The van der Waals surface area contributed by atoms with Crippen LogP contribution in [0.2, 0.25) is 0 Å². The van der Waals surface area contributed by atoms with Gasteiger partial charge in [-0.25, -0.2) is 15.0 Å². The summed E-state index contributed by atoms with van der Waals surface area (Å²) in [5.74, 6) is 0.550. The van der Waals surface area contributed by atoms with E-state index in [9.17, 15) is 0 Å². The van der Waals surface area contributed by atoms with Crippen molar-refractivity contribution >= 4 is 122 Å².